The van der Waals surface area contributed by atoms with Gasteiger partial charge in [0.2, 0.25) is 0 Å². The zero-order chi connectivity index (χ0) is 20.9. The lowest BCUT2D eigenvalue weighted by Gasteiger charge is -2.24. The first-order valence-corrected chi connectivity index (χ1v) is 9.68. The molecule has 10 heteroatoms. The quantitative estimate of drug-likeness (QED) is 0.626. The molecule has 0 saturated carbocycles. The Morgan fingerprint density at radius 2 is 1.64 bits per heavy atom. The summed E-state index contributed by atoms with van der Waals surface area (Å²) in [6.45, 7) is -0.604. The molecule has 0 bridgehead atoms. The smallest absolute Gasteiger partial charge is 0.339 e. The van der Waals surface area contributed by atoms with Crippen LogP contribution in [0.1, 0.15) is 10.4 Å². The second kappa shape index (κ2) is 8.94. The minimum Gasteiger partial charge on any atom is -0.497 e. The molecule has 2 aromatic rings. The Kier molecular flexibility index (Phi) is 6.87. The molecule has 2 aromatic carbocycles. The van der Waals surface area contributed by atoms with E-state index in [-0.39, 0.29) is 21.2 Å². The number of nitrogens with zero attached hydrogens (tertiary/aromatic N) is 1. The first kappa shape index (κ1) is 21.5. The lowest BCUT2D eigenvalue weighted by atomic mass is 10.2. The largest absolute Gasteiger partial charge is 0.497 e. The summed E-state index contributed by atoms with van der Waals surface area (Å²) in [6, 6.07) is 9.59. The van der Waals surface area contributed by atoms with Crippen molar-refractivity contribution in [3.63, 3.8) is 0 Å². The fourth-order valence-electron chi connectivity index (χ4n) is 2.31. The fourth-order valence-corrected chi connectivity index (χ4v) is 3.90. The third-order valence-electron chi connectivity index (χ3n) is 3.79. The van der Waals surface area contributed by atoms with E-state index in [9.17, 15) is 18.0 Å². The number of carbonyl (C=O) groups is 2. The van der Waals surface area contributed by atoms with E-state index < -0.39 is 28.5 Å². The van der Waals surface area contributed by atoms with Gasteiger partial charge in [0, 0.05) is 0 Å². The molecule has 0 spiro atoms. The van der Waals surface area contributed by atoms with E-state index in [0.29, 0.717) is 5.75 Å². The molecule has 0 aliphatic rings. The van der Waals surface area contributed by atoms with Gasteiger partial charge in [0.25, 0.3) is 10.0 Å². The number of esters is 2. The standard InChI is InChI=1S/C18H18ClNO7S/c1-25-13-5-7-14(8-6-13)28(23,24)20(11-17(21)26-2)12-4-9-16(19)15(10-12)18(22)27-3/h4-10H,11H2,1-3H3. The molecule has 0 aliphatic carbocycles. The van der Waals surface area contributed by atoms with Crippen LogP contribution in [0.5, 0.6) is 5.75 Å². The van der Waals surface area contributed by atoms with Crippen molar-refractivity contribution >= 4 is 39.3 Å². The van der Waals surface area contributed by atoms with Gasteiger partial charge in [-0.15, -0.1) is 0 Å². The molecule has 150 valence electrons. The molecular weight excluding hydrogens is 410 g/mol. The fraction of sp³-hybridized carbons (Fsp3) is 0.222. The van der Waals surface area contributed by atoms with Crippen LogP contribution in [0.3, 0.4) is 0 Å². The van der Waals surface area contributed by atoms with Crippen molar-refractivity contribution in [1.82, 2.24) is 0 Å². The van der Waals surface area contributed by atoms with Crippen LogP contribution in [0.4, 0.5) is 5.69 Å². The maximum atomic E-state index is 13.1. The zero-order valence-corrected chi connectivity index (χ0v) is 16.9. The van der Waals surface area contributed by atoms with Gasteiger partial charge in [-0.25, -0.2) is 13.2 Å². The number of ether oxygens (including phenoxy) is 3. The minimum atomic E-state index is -4.16. The van der Waals surface area contributed by atoms with Gasteiger partial charge in [-0.2, -0.15) is 0 Å². The number of carbonyl (C=O) groups excluding carboxylic acids is 2. The second-order valence-electron chi connectivity index (χ2n) is 5.42. The first-order chi connectivity index (χ1) is 13.2. The zero-order valence-electron chi connectivity index (χ0n) is 15.3. The van der Waals surface area contributed by atoms with Crippen LogP contribution in [0.25, 0.3) is 0 Å². The molecule has 0 N–H and O–H groups in total. The van der Waals surface area contributed by atoms with E-state index in [2.05, 4.69) is 9.47 Å². The maximum Gasteiger partial charge on any atom is 0.339 e. The molecule has 0 aliphatic heterocycles. The van der Waals surface area contributed by atoms with Gasteiger partial charge >= 0.3 is 11.9 Å². The van der Waals surface area contributed by atoms with Crippen LogP contribution in [0, 0.1) is 0 Å². The van der Waals surface area contributed by atoms with E-state index in [1.807, 2.05) is 0 Å². The van der Waals surface area contributed by atoms with Crippen molar-refractivity contribution in [3.05, 3.63) is 53.1 Å². The molecule has 0 atom stereocenters. The molecule has 28 heavy (non-hydrogen) atoms. The summed E-state index contributed by atoms with van der Waals surface area (Å²) in [7, 11) is -0.398. The highest BCUT2D eigenvalue weighted by atomic mass is 35.5. The summed E-state index contributed by atoms with van der Waals surface area (Å²) < 4.78 is 41.4. The first-order valence-electron chi connectivity index (χ1n) is 7.86. The highest BCUT2D eigenvalue weighted by molar-refractivity contribution is 7.92. The van der Waals surface area contributed by atoms with Crippen LogP contribution in [0.2, 0.25) is 5.02 Å². The van der Waals surface area contributed by atoms with Crippen LogP contribution < -0.4 is 9.04 Å². The monoisotopic (exact) mass is 427 g/mol. The summed E-state index contributed by atoms with van der Waals surface area (Å²) in [4.78, 5) is 23.7. The second-order valence-corrected chi connectivity index (χ2v) is 7.69. The highest BCUT2D eigenvalue weighted by Gasteiger charge is 2.29. The maximum absolute atomic E-state index is 13.1. The Morgan fingerprint density at radius 3 is 2.18 bits per heavy atom. The SMILES string of the molecule is COC(=O)CN(c1ccc(Cl)c(C(=O)OC)c1)S(=O)(=O)c1ccc(OC)cc1. The van der Waals surface area contributed by atoms with E-state index in [1.165, 1.54) is 56.7 Å². The summed E-state index contributed by atoms with van der Waals surface area (Å²) in [6.07, 6.45) is 0. The van der Waals surface area contributed by atoms with Gasteiger partial charge in [0.1, 0.15) is 12.3 Å². The predicted octanol–water partition coefficient (Wildman–Crippen LogP) is 2.50. The van der Waals surface area contributed by atoms with E-state index >= 15 is 0 Å². The number of hydrogen-bond acceptors (Lipinski definition) is 7. The van der Waals surface area contributed by atoms with Crippen molar-refractivity contribution in [3.8, 4) is 5.75 Å². The number of rotatable bonds is 7. The van der Waals surface area contributed by atoms with E-state index in [4.69, 9.17) is 16.3 Å². The molecule has 0 heterocycles. The van der Waals surface area contributed by atoms with Crippen molar-refractivity contribution in [2.75, 3.05) is 32.2 Å². The Balaban J connectivity index is 2.58. The van der Waals surface area contributed by atoms with Gasteiger partial charge in [-0.05, 0) is 42.5 Å². The Hall–Kier alpha value is -2.78. The number of halogens is 1. The Morgan fingerprint density at radius 1 is 1.00 bits per heavy atom. The normalized spacial score (nSPS) is 10.9. The van der Waals surface area contributed by atoms with Gasteiger partial charge in [-0.3, -0.25) is 9.10 Å². The van der Waals surface area contributed by atoms with Crippen LogP contribution in [-0.4, -0.2) is 48.2 Å². The minimum absolute atomic E-state index is 0.0403. The number of methoxy groups -OCH3 is 3. The summed E-state index contributed by atoms with van der Waals surface area (Å²) >= 11 is 6.00. The number of hydrogen-bond donors (Lipinski definition) is 0. The highest BCUT2D eigenvalue weighted by Crippen LogP contribution is 2.29. The molecule has 0 aromatic heterocycles. The third kappa shape index (κ3) is 4.55. The topological polar surface area (TPSA) is 99.2 Å². The molecule has 0 saturated heterocycles. The molecule has 0 fully saturated rings. The summed E-state index contributed by atoms with van der Waals surface area (Å²) in [5, 5.41) is 0.0791. The lowest BCUT2D eigenvalue weighted by molar-refractivity contribution is -0.138. The molecule has 0 radical (unpaired) electrons. The lowest BCUT2D eigenvalue weighted by Crippen LogP contribution is -2.36. The number of benzene rings is 2. The molecular formula is C18H18ClNO7S. The van der Waals surface area contributed by atoms with Crippen LogP contribution >= 0.6 is 11.6 Å². The Bertz CT molecular complexity index is 974. The molecule has 0 unspecified atom stereocenters. The predicted molar refractivity (Wildman–Crippen MR) is 102 cm³/mol. The molecule has 2 rings (SSSR count). The molecule has 0 amide bonds. The van der Waals surface area contributed by atoms with Gasteiger partial charge in [0.15, 0.2) is 0 Å². The van der Waals surface area contributed by atoms with Gasteiger partial charge < -0.3 is 14.2 Å². The third-order valence-corrected chi connectivity index (χ3v) is 5.91. The summed E-state index contributed by atoms with van der Waals surface area (Å²) in [5.74, 6) is -1.06. The number of sulfonamides is 1. The Labute approximate surface area is 167 Å². The summed E-state index contributed by atoms with van der Waals surface area (Å²) in [5.41, 5.74) is 0.00693. The van der Waals surface area contributed by atoms with Gasteiger partial charge in [0.05, 0.1) is 42.5 Å². The average molecular weight is 428 g/mol. The average Bonchev–Trinajstić information content (AvgIpc) is 2.71. The van der Waals surface area contributed by atoms with Crippen LogP contribution in [-0.2, 0) is 24.3 Å². The van der Waals surface area contributed by atoms with Crippen molar-refractivity contribution < 1.29 is 32.2 Å². The van der Waals surface area contributed by atoms with Gasteiger partial charge in [-0.1, -0.05) is 11.6 Å². The van der Waals surface area contributed by atoms with Crippen molar-refractivity contribution in [2.24, 2.45) is 0 Å². The van der Waals surface area contributed by atoms with Crippen LogP contribution in [0.15, 0.2) is 47.4 Å². The van der Waals surface area contributed by atoms with E-state index in [0.717, 1.165) is 11.4 Å². The van der Waals surface area contributed by atoms with Crippen molar-refractivity contribution in [1.29, 1.82) is 0 Å². The van der Waals surface area contributed by atoms with Crippen molar-refractivity contribution in [2.45, 2.75) is 4.90 Å². The number of anilines is 1. The molecule has 8 nitrogen and oxygen atoms in total. The van der Waals surface area contributed by atoms with E-state index in [1.54, 1.807) is 0 Å².